The molecule has 0 aliphatic heterocycles. The van der Waals surface area contributed by atoms with Crippen LogP contribution in [0.2, 0.25) is 5.02 Å². The number of nitrogens with one attached hydrogen (secondary N) is 2. The van der Waals surface area contributed by atoms with E-state index in [1.807, 2.05) is 44.2 Å². The molecule has 188 valence electrons. The number of carbonyl (C=O) groups excluding carboxylic acids is 1. The van der Waals surface area contributed by atoms with Crippen LogP contribution in [0.1, 0.15) is 27.0 Å². The molecule has 36 heavy (non-hydrogen) atoms. The van der Waals surface area contributed by atoms with Crippen LogP contribution in [0.3, 0.4) is 0 Å². The molecule has 0 saturated heterocycles. The first-order valence-corrected chi connectivity index (χ1v) is 13.0. The fourth-order valence-corrected chi connectivity index (χ4v) is 5.32. The number of halogens is 1. The van der Waals surface area contributed by atoms with Crippen LogP contribution in [0.4, 0.5) is 11.4 Å². The zero-order chi connectivity index (χ0) is 25.9. The summed E-state index contributed by atoms with van der Waals surface area (Å²) in [6.45, 7) is 4.30. The number of rotatable bonds is 8. The van der Waals surface area contributed by atoms with E-state index in [-0.39, 0.29) is 16.6 Å². The maximum absolute atomic E-state index is 12.9. The molecule has 0 saturated carbocycles. The topological polar surface area (TPSA) is 109 Å². The Balaban J connectivity index is 1.52. The van der Waals surface area contributed by atoms with Crippen molar-refractivity contribution in [2.24, 2.45) is 0 Å². The molecular weight excluding hydrogens is 500 g/mol. The highest BCUT2D eigenvalue weighted by molar-refractivity contribution is 8.25. The van der Waals surface area contributed by atoms with Crippen molar-refractivity contribution in [3.05, 3.63) is 100 Å². The van der Waals surface area contributed by atoms with Crippen molar-refractivity contribution in [2.75, 3.05) is 17.1 Å². The summed E-state index contributed by atoms with van der Waals surface area (Å²) >= 11 is 5.91. The second kappa shape index (κ2) is 10.6. The summed E-state index contributed by atoms with van der Waals surface area (Å²) in [5.41, 5.74) is 4.19. The number of ether oxygens (including phenoxy) is 1. The van der Waals surface area contributed by atoms with Crippen LogP contribution in [-0.2, 0) is 6.54 Å². The molecule has 0 aliphatic rings. The number of hydrogen-bond donors (Lipinski definition) is 4. The predicted octanol–water partition coefficient (Wildman–Crippen LogP) is 6.60. The van der Waals surface area contributed by atoms with Gasteiger partial charge in [-0.2, -0.15) is 5.10 Å². The number of nitrogens with zero attached hydrogens (tertiary/aromatic N) is 2. The van der Waals surface area contributed by atoms with E-state index in [1.54, 1.807) is 41.3 Å². The van der Waals surface area contributed by atoms with Gasteiger partial charge in [-0.1, -0.05) is 52.7 Å². The molecule has 3 aromatic carbocycles. The maximum atomic E-state index is 12.9. The summed E-state index contributed by atoms with van der Waals surface area (Å²) in [7, 11) is -2.05. The van der Waals surface area contributed by atoms with E-state index in [2.05, 4.69) is 15.1 Å². The van der Waals surface area contributed by atoms with Gasteiger partial charge >= 0.3 is 0 Å². The van der Waals surface area contributed by atoms with Crippen LogP contribution in [0.15, 0.2) is 78.0 Å². The third kappa shape index (κ3) is 5.83. The van der Waals surface area contributed by atoms with Crippen molar-refractivity contribution >= 4 is 39.7 Å². The Labute approximate surface area is 216 Å². The van der Waals surface area contributed by atoms with Gasteiger partial charge in [0.1, 0.15) is 10.6 Å². The molecule has 0 atom stereocenters. The molecule has 4 aromatic rings. The molecule has 0 spiro atoms. The van der Waals surface area contributed by atoms with E-state index in [0.717, 1.165) is 16.7 Å². The minimum Gasteiger partial charge on any atom is -0.495 e. The average Bonchev–Trinajstić information content (AvgIpc) is 3.26. The van der Waals surface area contributed by atoms with Gasteiger partial charge in [-0.3, -0.25) is 23.3 Å². The van der Waals surface area contributed by atoms with Gasteiger partial charge in [-0.25, -0.2) is 0 Å². The fourth-order valence-electron chi connectivity index (χ4n) is 3.73. The second-order valence-corrected chi connectivity index (χ2v) is 10.5. The molecule has 0 unspecified atom stereocenters. The minimum atomic E-state index is -3.50. The van der Waals surface area contributed by atoms with Crippen molar-refractivity contribution in [1.82, 2.24) is 9.78 Å². The maximum Gasteiger partial charge on any atom is 0.255 e. The van der Waals surface area contributed by atoms with Crippen LogP contribution in [0.25, 0.3) is 0 Å². The Kier molecular flexibility index (Phi) is 7.56. The van der Waals surface area contributed by atoms with Gasteiger partial charge in [0.05, 0.1) is 30.6 Å². The highest BCUT2D eigenvalue weighted by Crippen LogP contribution is 2.53. The molecule has 0 aliphatic carbocycles. The minimum absolute atomic E-state index is 0.138. The number of benzene rings is 3. The Morgan fingerprint density at radius 2 is 1.78 bits per heavy atom. The average molecular weight is 527 g/mol. The SMILES string of the molecule is COc1ccc(NC(=O)c2ccc(Cn3cc(Cl)cn3)cc2)cc1S(O)(O)Nc1c(C)cccc1C. The first kappa shape index (κ1) is 25.6. The first-order chi connectivity index (χ1) is 17.2. The normalized spacial score (nSPS) is 11.7. The van der Waals surface area contributed by atoms with Crippen molar-refractivity contribution in [1.29, 1.82) is 0 Å². The number of hydrogen-bond acceptors (Lipinski definition) is 6. The standard InChI is InChI=1S/C26H27ClN4O4S/c1-17-5-4-6-18(2)25(17)30-36(33,34)24-13-22(11-12-23(24)35-3)29-26(32)20-9-7-19(8-10-20)15-31-16-21(27)14-28-31/h4-14,16,30,33-34H,15H2,1-3H3,(H,29,32). The lowest BCUT2D eigenvalue weighted by Gasteiger charge is -2.36. The third-order valence-electron chi connectivity index (χ3n) is 5.62. The molecule has 0 fully saturated rings. The summed E-state index contributed by atoms with van der Waals surface area (Å²) in [4.78, 5) is 13.0. The zero-order valence-corrected chi connectivity index (χ0v) is 21.6. The zero-order valence-electron chi connectivity index (χ0n) is 20.0. The van der Waals surface area contributed by atoms with E-state index >= 15 is 0 Å². The van der Waals surface area contributed by atoms with Gasteiger partial charge < -0.3 is 10.1 Å². The summed E-state index contributed by atoms with van der Waals surface area (Å²) in [6.07, 6.45) is 3.29. The lowest BCUT2D eigenvalue weighted by molar-refractivity contribution is 0.102. The second-order valence-electron chi connectivity index (χ2n) is 8.29. The van der Waals surface area contributed by atoms with Gasteiger partial charge in [0.15, 0.2) is 0 Å². The monoisotopic (exact) mass is 526 g/mol. The largest absolute Gasteiger partial charge is 0.495 e. The lowest BCUT2D eigenvalue weighted by atomic mass is 10.1. The van der Waals surface area contributed by atoms with Gasteiger partial charge in [0.2, 0.25) is 0 Å². The summed E-state index contributed by atoms with van der Waals surface area (Å²) in [5.74, 6) is -0.0474. The molecule has 10 heteroatoms. The highest BCUT2D eigenvalue weighted by atomic mass is 35.5. The smallest absolute Gasteiger partial charge is 0.255 e. The fraction of sp³-hybridized carbons (Fsp3) is 0.154. The summed E-state index contributed by atoms with van der Waals surface area (Å²) < 4.78 is 32.0. The van der Waals surface area contributed by atoms with Gasteiger partial charge in [0.25, 0.3) is 5.91 Å². The van der Waals surface area contributed by atoms with E-state index in [0.29, 0.717) is 28.5 Å². The van der Waals surface area contributed by atoms with Crippen LogP contribution >= 0.6 is 22.4 Å². The van der Waals surface area contributed by atoms with Crippen molar-refractivity contribution in [3.8, 4) is 5.75 Å². The quantitative estimate of drug-likeness (QED) is 0.206. The molecule has 8 nitrogen and oxygen atoms in total. The third-order valence-corrected chi connectivity index (χ3v) is 7.23. The molecule has 1 amide bonds. The number of aromatic nitrogens is 2. The molecule has 4 rings (SSSR count). The number of amides is 1. The number of aryl methyl sites for hydroxylation is 2. The number of para-hydroxylation sites is 1. The summed E-state index contributed by atoms with van der Waals surface area (Å²) in [6, 6.07) is 17.5. The first-order valence-electron chi connectivity index (χ1n) is 11.0. The van der Waals surface area contributed by atoms with Gasteiger partial charge in [0, 0.05) is 17.4 Å². The van der Waals surface area contributed by atoms with E-state index < -0.39 is 10.8 Å². The predicted molar refractivity (Wildman–Crippen MR) is 144 cm³/mol. The molecule has 1 aromatic heterocycles. The number of methoxy groups -OCH3 is 1. The van der Waals surface area contributed by atoms with E-state index in [1.165, 1.54) is 13.2 Å². The van der Waals surface area contributed by atoms with Gasteiger partial charge in [-0.15, -0.1) is 0 Å². The molecular formula is C26H27ClN4O4S. The Morgan fingerprint density at radius 3 is 2.39 bits per heavy atom. The molecule has 1 heterocycles. The van der Waals surface area contributed by atoms with E-state index in [9.17, 15) is 13.9 Å². The number of carbonyl (C=O) groups is 1. The lowest BCUT2D eigenvalue weighted by Crippen LogP contribution is -2.15. The van der Waals surface area contributed by atoms with Crippen molar-refractivity contribution in [2.45, 2.75) is 25.3 Å². The van der Waals surface area contributed by atoms with Crippen molar-refractivity contribution in [3.63, 3.8) is 0 Å². The van der Waals surface area contributed by atoms with Crippen LogP contribution in [0.5, 0.6) is 5.75 Å². The molecule has 4 N–H and O–H groups in total. The van der Waals surface area contributed by atoms with Crippen molar-refractivity contribution < 1.29 is 18.6 Å². The van der Waals surface area contributed by atoms with Crippen LogP contribution < -0.4 is 14.8 Å². The summed E-state index contributed by atoms with van der Waals surface area (Å²) in [5, 5.41) is 7.53. The molecule has 0 radical (unpaired) electrons. The highest BCUT2D eigenvalue weighted by Gasteiger charge is 2.23. The Hall–Kier alpha value is -3.50. The Bertz CT molecular complexity index is 1370. The Morgan fingerprint density at radius 1 is 1.08 bits per heavy atom. The van der Waals surface area contributed by atoms with Crippen LogP contribution in [0, 0.1) is 13.8 Å². The van der Waals surface area contributed by atoms with E-state index in [4.69, 9.17) is 16.3 Å². The number of anilines is 2. The molecule has 0 bridgehead atoms. The van der Waals surface area contributed by atoms with Crippen LogP contribution in [-0.4, -0.2) is 31.9 Å². The van der Waals surface area contributed by atoms with Gasteiger partial charge in [-0.05, 0) is 60.9 Å².